The van der Waals surface area contributed by atoms with Crippen molar-refractivity contribution in [3.63, 3.8) is 0 Å². The summed E-state index contributed by atoms with van der Waals surface area (Å²) >= 11 is 0. The van der Waals surface area contributed by atoms with Crippen LogP contribution >= 0.6 is 0 Å². The lowest BCUT2D eigenvalue weighted by Gasteiger charge is -2.03. The van der Waals surface area contributed by atoms with Gasteiger partial charge in [-0.3, -0.25) is 0 Å². The van der Waals surface area contributed by atoms with Gasteiger partial charge >= 0.3 is 0 Å². The Balaban J connectivity index is 2.95. The van der Waals surface area contributed by atoms with Crippen molar-refractivity contribution in [3.8, 4) is 0 Å². The Hall–Kier alpha value is -0.260. The lowest BCUT2D eigenvalue weighted by molar-refractivity contribution is 0.526. The van der Waals surface area contributed by atoms with Crippen molar-refractivity contribution in [1.82, 2.24) is 0 Å². The molecule has 0 amide bonds. The molecule has 0 heterocycles. The number of hydrogen-bond donors (Lipinski definition) is 0. The van der Waals surface area contributed by atoms with Crippen LogP contribution in [0.1, 0.15) is 122 Å². The van der Waals surface area contributed by atoms with Gasteiger partial charge in [0.1, 0.15) is 0 Å². The maximum absolute atomic E-state index is 3.90. The molecule has 0 aromatic carbocycles. The molecule has 0 saturated heterocycles. The topological polar surface area (TPSA) is 0 Å². The molecule has 2 radical (unpaired) electrons. The third-order valence-electron chi connectivity index (χ3n) is 4.79. The van der Waals surface area contributed by atoms with Gasteiger partial charge in [-0.05, 0) is 19.8 Å². The number of allylic oxidation sites excluding steroid dienone is 2. The fourth-order valence-corrected chi connectivity index (χ4v) is 3.21. The van der Waals surface area contributed by atoms with Crippen LogP contribution in [-0.2, 0) is 0 Å². The zero-order valence-corrected chi connectivity index (χ0v) is 16.0. The minimum Gasteiger partial charge on any atom is -0.0885 e. The van der Waals surface area contributed by atoms with Gasteiger partial charge in [0.25, 0.3) is 0 Å². The van der Waals surface area contributed by atoms with Crippen molar-refractivity contribution >= 4 is 0 Å². The second-order valence-electron chi connectivity index (χ2n) is 7.12. The first-order chi connectivity index (χ1) is 11.4. The molecular formula is C23H44. The highest BCUT2D eigenvalue weighted by molar-refractivity contribution is 4.83. The highest BCUT2D eigenvalue weighted by Gasteiger charge is 1.94. The molecule has 0 bridgehead atoms. The Bertz CT molecular complexity index is 216. The first-order valence-corrected chi connectivity index (χ1v) is 10.6. The van der Waals surface area contributed by atoms with Gasteiger partial charge in [0.15, 0.2) is 0 Å². The number of hydrogen-bond acceptors (Lipinski definition) is 0. The van der Waals surface area contributed by atoms with E-state index >= 15 is 0 Å². The minimum absolute atomic E-state index is 1.12. The van der Waals surface area contributed by atoms with Gasteiger partial charge in [-0.2, -0.15) is 0 Å². The van der Waals surface area contributed by atoms with Gasteiger partial charge in [0.2, 0.25) is 0 Å². The maximum atomic E-state index is 3.90. The van der Waals surface area contributed by atoms with E-state index in [9.17, 15) is 0 Å². The summed E-state index contributed by atoms with van der Waals surface area (Å²) in [6, 6.07) is 0. The lowest BCUT2D eigenvalue weighted by atomic mass is 10.0. The monoisotopic (exact) mass is 320 g/mol. The molecule has 0 aliphatic rings. The SMILES string of the molecule is [CH2]/C=C/CCCCCCCCCCCCCCCCCCC[CH2]. The van der Waals surface area contributed by atoms with E-state index in [0.717, 1.165) is 6.42 Å². The van der Waals surface area contributed by atoms with Crippen molar-refractivity contribution in [2.45, 2.75) is 122 Å². The van der Waals surface area contributed by atoms with Gasteiger partial charge in [-0.25, -0.2) is 0 Å². The van der Waals surface area contributed by atoms with E-state index in [4.69, 9.17) is 0 Å². The molecular weight excluding hydrogens is 276 g/mol. The van der Waals surface area contributed by atoms with E-state index in [0.29, 0.717) is 0 Å². The van der Waals surface area contributed by atoms with Gasteiger partial charge in [-0.1, -0.05) is 128 Å². The van der Waals surface area contributed by atoms with E-state index in [2.05, 4.69) is 19.9 Å². The van der Waals surface area contributed by atoms with Crippen LogP contribution in [-0.4, -0.2) is 0 Å². The quantitative estimate of drug-likeness (QED) is 0.209. The third kappa shape index (κ3) is 21.7. The van der Waals surface area contributed by atoms with Crippen molar-refractivity contribution in [3.05, 3.63) is 26.0 Å². The Morgan fingerprint density at radius 2 is 0.739 bits per heavy atom. The van der Waals surface area contributed by atoms with Crippen LogP contribution in [0.4, 0.5) is 0 Å². The van der Waals surface area contributed by atoms with E-state index in [1.807, 2.05) is 6.08 Å². The molecule has 0 aliphatic heterocycles. The molecule has 0 unspecified atom stereocenters. The molecule has 0 heteroatoms. The molecule has 0 aromatic rings. The van der Waals surface area contributed by atoms with Crippen LogP contribution in [0.25, 0.3) is 0 Å². The van der Waals surface area contributed by atoms with Crippen LogP contribution in [0.3, 0.4) is 0 Å². The lowest BCUT2D eigenvalue weighted by Crippen LogP contribution is -1.84. The van der Waals surface area contributed by atoms with E-state index in [1.54, 1.807) is 0 Å². The zero-order valence-electron chi connectivity index (χ0n) is 16.0. The van der Waals surface area contributed by atoms with Crippen LogP contribution < -0.4 is 0 Å². The molecule has 0 aliphatic carbocycles. The summed E-state index contributed by atoms with van der Waals surface area (Å²) in [6.45, 7) is 7.62. The van der Waals surface area contributed by atoms with Gasteiger partial charge in [0.05, 0.1) is 0 Å². The fourth-order valence-electron chi connectivity index (χ4n) is 3.21. The van der Waals surface area contributed by atoms with Crippen molar-refractivity contribution in [2.24, 2.45) is 0 Å². The highest BCUT2D eigenvalue weighted by atomic mass is 14.0. The average Bonchev–Trinajstić information content (AvgIpc) is 2.57. The first-order valence-electron chi connectivity index (χ1n) is 10.6. The van der Waals surface area contributed by atoms with Crippen LogP contribution in [0.5, 0.6) is 0 Å². The summed E-state index contributed by atoms with van der Waals surface area (Å²) in [7, 11) is 0. The van der Waals surface area contributed by atoms with Gasteiger partial charge < -0.3 is 0 Å². The maximum Gasteiger partial charge on any atom is -0.0316 e. The molecule has 23 heavy (non-hydrogen) atoms. The Morgan fingerprint density at radius 1 is 0.435 bits per heavy atom. The second kappa shape index (κ2) is 21.7. The Kier molecular flexibility index (Phi) is 21.5. The van der Waals surface area contributed by atoms with Gasteiger partial charge in [0, 0.05) is 0 Å². The molecule has 0 spiro atoms. The highest BCUT2D eigenvalue weighted by Crippen LogP contribution is 2.14. The molecule has 0 N–H and O–H groups in total. The van der Waals surface area contributed by atoms with Crippen LogP contribution in [0.15, 0.2) is 12.2 Å². The summed E-state index contributed by atoms with van der Waals surface area (Å²) in [6.07, 6.45) is 30.9. The average molecular weight is 321 g/mol. The van der Waals surface area contributed by atoms with Crippen molar-refractivity contribution in [2.75, 3.05) is 0 Å². The summed E-state index contributed by atoms with van der Waals surface area (Å²) in [5.74, 6) is 0. The standard InChI is InChI=1S/C23H44/c1-3-5-7-9-11-13-15-17-19-21-23-22-20-18-16-14-12-10-8-6-4-2/h3,5H,1-2,4,6-23H2/b5-3+. The summed E-state index contributed by atoms with van der Waals surface area (Å²) in [4.78, 5) is 0. The summed E-state index contributed by atoms with van der Waals surface area (Å²) < 4.78 is 0. The molecule has 0 saturated carbocycles. The number of unbranched alkanes of at least 4 members (excludes halogenated alkanes) is 18. The molecule has 0 atom stereocenters. The first kappa shape index (κ1) is 22.7. The van der Waals surface area contributed by atoms with Crippen molar-refractivity contribution < 1.29 is 0 Å². The molecule has 0 fully saturated rings. The van der Waals surface area contributed by atoms with E-state index in [1.165, 1.54) is 116 Å². The normalized spacial score (nSPS) is 11.6. The summed E-state index contributed by atoms with van der Waals surface area (Å²) in [5, 5.41) is 0. The van der Waals surface area contributed by atoms with Crippen LogP contribution in [0.2, 0.25) is 0 Å². The van der Waals surface area contributed by atoms with E-state index in [-0.39, 0.29) is 0 Å². The predicted molar refractivity (Wildman–Crippen MR) is 108 cm³/mol. The zero-order chi connectivity index (χ0) is 16.8. The largest absolute Gasteiger partial charge is 0.0885 e. The van der Waals surface area contributed by atoms with Gasteiger partial charge in [-0.15, -0.1) is 0 Å². The predicted octanol–water partition coefficient (Wildman–Crippen LogP) is 8.62. The van der Waals surface area contributed by atoms with E-state index < -0.39 is 0 Å². The molecule has 0 aromatic heterocycles. The molecule has 0 rings (SSSR count). The van der Waals surface area contributed by atoms with Crippen LogP contribution in [0, 0.1) is 13.8 Å². The van der Waals surface area contributed by atoms with Crippen molar-refractivity contribution in [1.29, 1.82) is 0 Å². The third-order valence-corrected chi connectivity index (χ3v) is 4.79. The fraction of sp³-hybridized carbons (Fsp3) is 0.826. The molecule has 136 valence electrons. The molecule has 0 nitrogen and oxygen atoms in total. The minimum atomic E-state index is 1.12. The second-order valence-corrected chi connectivity index (χ2v) is 7.12. The summed E-state index contributed by atoms with van der Waals surface area (Å²) in [5.41, 5.74) is 0. The Labute approximate surface area is 148 Å². The number of rotatable bonds is 19. The Morgan fingerprint density at radius 3 is 1.04 bits per heavy atom. The smallest absolute Gasteiger partial charge is 0.0316 e.